The first-order chi connectivity index (χ1) is 13.2. The highest BCUT2D eigenvalue weighted by molar-refractivity contribution is 5.89. The lowest BCUT2D eigenvalue weighted by Gasteiger charge is -2.32. The van der Waals surface area contributed by atoms with Crippen LogP contribution in [0.3, 0.4) is 0 Å². The number of hydrogen-bond acceptors (Lipinski definition) is 3. The molecule has 1 amide bonds. The molecule has 4 rings (SSSR count). The van der Waals surface area contributed by atoms with Crippen LogP contribution in [0, 0.1) is 0 Å². The van der Waals surface area contributed by atoms with Gasteiger partial charge in [0.25, 0.3) is 0 Å². The van der Waals surface area contributed by atoms with Crippen molar-refractivity contribution in [3.8, 4) is 0 Å². The van der Waals surface area contributed by atoms with E-state index in [1.54, 1.807) is 6.20 Å². The Morgan fingerprint density at radius 2 is 2.07 bits per heavy atom. The van der Waals surface area contributed by atoms with Gasteiger partial charge in [-0.1, -0.05) is 24.3 Å². The molecule has 140 valence electrons. The minimum Gasteiger partial charge on any atom is -0.370 e. The normalized spacial score (nSPS) is 17.4. The van der Waals surface area contributed by atoms with E-state index in [9.17, 15) is 4.79 Å². The van der Waals surface area contributed by atoms with Crippen molar-refractivity contribution in [3.63, 3.8) is 0 Å². The highest BCUT2D eigenvalue weighted by Crippen LogP contribution is 2.22. The molecule has 5 heteroatoms. The number of benzene rings is 1. The molecule has 0 N–H and O–H groups in total. The Kier molecular flexibility index (Phi) is 5.21. The van der Waals surface area contributed by atoms with E-state index in [0.29, 0.717) is 19.6 Å². The number of nitrogens with zero attached hydrogens (tertiary/aromatic N) is 3. The second-order valence-corrected chi connectivity index (χ2v) is 7.20. The van der Waals surface area contributed by atoms with Gasteiger partial charge in [-0.3, -0.25) is 9.78 Å². The third kappa shape index (κ3) is 4.03. The van der Waals surface area contributed by atoms with E-state index in [4.69, 9.17) is 4.74 Å². The number of ether oxygens (including phenoxy) is 1. The van der Waals surface area contributed by atoms with Crippen LogP contribution in [0.15, 0.2) is 54.9 Å². The second-order valence-electron chi connectivity index (χ2n) is 7.20. The molecule has 3 heterocycles. The van der Waals surface area contributed by atoms with Crippen molar-refractivity contribution in [1.29, 1.82) is 0 Å². The smallest absolute Gasteiger partial charge is 0.227 e. The lowest BCUT2D eigenvalue weighted by Crippen LogP contribution is -2.43. The highest BCUT2D eigenvalue weighted by Gasteiger charge is 2.25. The van der Waals surface area contributed by atoms with Crippen LogP contribution in [0.2, 0.25) is 0 Å². The predicted molar refractivity (Wildman–Crippen MR) is 105 cm³/mol. The lowest BCUT2D eigenvalue weighted by molar-refractivity contribution is -0.134. The fourth-order valence-corrected chi connectivity index (χ4v) is 3.83. The fourth-order valence-electron chi connectivity index (χ4n) is 3.83. The number of rotatable bonds is 5. The van der Waals surface area contributed by atoms with Crippen molar-refractivity contribution < 1.29 is 9.53 Å². The first-order valence-corrected chi connectivity index (χ1v) is 9.53. The fraction of sp³-hybridized carbons (Fsp3) is 0.364. The number of aromatic nitrogens is 2. The molecule has 2 aromatic heterocycles. The molecule has 5 nitrogen and oxygen atoms in total. The molecule has 0 spiro atoms. The zero-order valence-corrected chi connectivity index (χ0v) is 15.7. The minimum atomic E-state index is 0.0808. The first kappa shape index (κ1) is 17.7. The molecule has 1 fully saturated rings. The summed E-state index contributed by atoms with van der Waals surface area (Å²) in [6, 6.07) is 14.1. The maximum atomic E-state index is 12.9. The van der Waals surface area contributed by atoms with Gasteiger partial charge in [-0.15, -0.1) is 0 Å². The number of amides is 1. The van der Waals surface area contributed by atoms with Crippen LogP contribution < -0.4 is 0 Å². The van der Waals surface area contributed by atoms with Gasteiger partial charge < -0.3 is 14.2 Å². The van der Waals surface area contributed by atoms with Crippen molar-refractivity contribution in [3.05, 3.63) is 66.1 Å². The lowest BCUT2D eigenvalue weighted by atomic mass is 10.1. The molecular formula is C22H25N3O2. The summed E-state index contributed by atoms with van der Waals surface area (Å²) in [6.07, 6.45) is 6.34. The summed E-state index contributed by atoms with van der Waals surface area (Å²) in [6.45, 7) is 1.97. The number of hydrogen-bond donors (Lipinski definition) is 0. The van der Waals surface area contributed by atoms with Crippen LogP contribution in [-0.4, -0.2) is 39.6 Å². The van der Waals surface area contributed by atoms with E-state index in [-0.39, 0.29) is 12.0 Å². The molecule has 1 aliphatic rings. The number of fused-ring (bicyclic) bond motifs is 1. The molecule has 1 saturated heterocycles. The molecule has 1 aliphatic heterocycles. The SMILES string of the molecule is Cn1cc(CC(=O)N2CCC[C@@H](OCc3ccccn3)C2)c2ccccc21. The minimum absolute atomic E-state index is 0.0808. The highest BCUT2D eigenvalue weighted by atomic mass is 16.5. The van der Waals surface area contributed by atoms with Crippen molar-refractivity contribution >= 4 is 16.8 Å². The summed E-state index contributed by atoms with van der Waals surface area (Å²) in [5, 5.41) is 1.16. The molecule has 1 atom stereocenters. The summed E-state index contributed by atoms with van der Waals surface area (Å²) in [5.41, 5.74) is 3.18. The van der Waals surface area contributed by atoms with Gasteiger partial charge in [-0.2, -0.15) is 0 Å². The summed E-state index contributed by atoms with van der Waals surface area (Å²) in [4.78, 5) is 19.1. The van der Waals surface area contributed by atoms with E-state index in [2.05, 4.69) is 27.9 Å². The number of likely N-dealkylation sites (tertiary alicyclic amines) is 1. The summed E-state index contributed by atoms with van der Waals surface area (Å²) in [7, 11) is 2.03. The molecule has 0 aliphatic carbocycles. The van der Waals surface area contributed by atoms with Crippen LogP contribution in [0.25, 0.3) is 10.9 Å². The van der Waals surface area contributed by atoms with Crippen LogP contribution in [0.5, 0.6) is 0 Å². The third-order valence-electron chi connectivity index (χ3n) is 5.25. The van der Waals surface area contributed by atoms with Gasteiger partial charge in [0, 0.05) is 43.4 Å². The van der Waals surface area contributed by atoms with E-state index < -0.39 is 0 Å². The molecule has 3 aromatic rings. The van der Waals surface area contributed by atoms with Gasteiger partial charge in [0.05, 0.1) is 24.8 Å². The Labute approximate surface area is 159 Å². The monoisotopic (exact) mass is 363 g/mol. The van der Waals surface area contributed by atoms with Crippen LogP contribution >= 0.6 is 0 Å². The summed E-state index contributed by atoms with van der Waals surface area (Å²) >= 11 is 0. The van der Waals surface area contributed by atoms with E-state index >= 15 is 0 Å². The molecule has 0 bridgehead atoms. The number of piperidine rings is 1. The van der Waals surface area contributed by atoms with Gasteiger partial charge >= 0.3 is 0 Å². The number of carbonyl (C=O) groups excluding carboxylic acids is 1. The second kappa shape index (κ2) is 7.92. The van der Waals surface area contributed by atoms with E-state index in [1.807, 2.05) is 42.3 Å². The molecular weight excluding hydrogens is 338 g/mol. The molecule has 0 radical (unpaired) electrons. The van der Waals surface area contributed by atoms with Gasteiger partial charge in [-0.25, -0.2) is 0 Å². The zero-order valence-electron chi connectivity index (χ0n) is 15.7. The Morgan fingerprint density at radius 3 is 2.93 bits per heavy atom. The number of pyridine rings is 1. The molecule has 1 aromatic carbocycles. The van der Waals surface area contributed by atoms with Crippen LogP contribution in [0.4, 0.5) is 0 Å². The largest absolute Gasteiger partial charge is 0.370 e. The van der Waals surface area contributed by atoms with Crippen LogP contribution in [0.1, 0.15) is 24.1 Å². The average molecular weight is 363 g/mol. The third-order valence-corrected chi connectivity index (χ3v) is 5.25. The number of carbonyl (C=O) groups is 1. The molecule has 27 heavy (non-hydrogen) atoms. The van der Waals surface area contributed by atoms with Gasteiger partial charge in [-0.05, 0) is 36.6 Å². The number of para-hydroxylation sites is 1. The molecule has 0 saturated carbocycles. The van der Waals surface area contributed by atoms with Crippen LogP contribution in [-0.2, 0) is 29.6 Å². The van der Waals surface area contributed by atoms with Crippen molar-refractivity contribution in [2.24, 2.45) is 7.05 Å². The van der Waals surface area contributed by atoms with Crippen molar-refractivity contribution in [2.45, 2.75) is 32.0 Å². The van der Waals surface area contributed by atoms with Gasteiger partial charge in [0.15, 0.2) is 0 Å². The van der Waals surface area contributed by atoms with Gasteiger partial charge in [0.2, 0.25) is 5.91 Å². The Bertz CT molecular complexity index is 920. The molecule has 0 unspecified atom stereocenters. The quantitative estimate of drug-likeness (QED) is 0.699. The summed E-state index contributed by atoms with van der Waals surface area (Å²) in [5.74, 6) is 0.178. The first-order valence-electron chi connectivity index (χ1n) is 9.53. The number of aryl methyl sites for hydroxylation is 1. The van der Waals surface area contributed by atoms with E-state index in [1.165, 1.54) is 0 Å². The average Bonchev–Trinajstić information content (AvgIpc) is 3.03. The Morgan fingerprint density at radius 1 is 1.22 bits per heavy atom. The topological polar surface area (TPSA) is 47.4 Å². The van der Waals surface area contributed by atoms with E-state index in [0.717, 1.165) is 41.5 Å². The standard InChI is InChI=1S/C22H25N3O2/c1-24-14-17(20-9-2-3-10-21(20)24)13-22(26)25-12-6-8-19(15-25)27-16-18-7-4-5-11-23-18/h2-5,7,9-11,14,19H,6,8,12-13,15-16H2,1H3/t19-/m1/s1. The maximum Gasteiger partial charge on any atom is 0.227 e. The van der Waals surface area contributed by atoms with Crippen molar-refractivity contribution in [2.75, 3.05) is 13.1 Å². The van der Waals surface area contributed by atoms with Gasteiger partial charge in [0.1, 0.15) is 0 Å². The summed E-state index contributed by atoms with van der Waals surface area (Å²) < 4.78 is 8.10. The predicted octanol–water partition coefficient (Wildman–Crippen LogP) is 3.32. The Hall–Kier alpha value is -2.66. The Balaban J connectivity index is 1.38. The zero-order chi connectivity index (χ0) is 18.6. The van der Waals surface area contributed by atoms with Crippen molar-refractivity contribution in [1.82, 2.24) is 14.5 Å². The maximum absolute atomic E-state index is 12.9.